The molecule has 0 radical (unpaired) electrons. The molecular weight excluding hydrogens is 391 g/mol. The minimum atomic E-state index is -4.49. The minimum Gasteiger partial charge on any atom is -0.322 e. The zero-order chi connectivity index (χ0) is 21.1. The standard InChI is InChI=1S/C23H16F3N3O/c24-23(25,26)17-10-7-11-18(14-17)28-22(30)20-15-27-29(19-12-5-2-6-13-19)21(20)16-8-3-1-4-9-16/h1-15H,(H,28,30). The maximum atomic E-state index is 13.0. The van der Waals surface area contributed by atoms with Crippen molar-refractivity contribution < 1.29 is 18.0 Å². The summed E-state index contributed by atoms with van der Waals surface area (Å²) < 4.78 is 40.6. The SMILES string of the molecule is O=C(Nc1cccc(C(F)(F)F)c1)c1cnn(-c2ccccc2)c1-c1ccccc1. The number of anilines is 1. The number of alkyl halides is 3. The average Bonchev–Trinajstić information content (AvgIpc) is 3.20. The summed E-state index contributed by atoms with van der Waals surface area (Å²) in [5.41, 5.74) is 1.54. The summed E-state index contributed by atoms with van der Waals surface area (Å²) in [6.45, 7) is 0. The van der Waals surface area contributed by atoms with Crippen LogP contribution in [0.3, 0.4) is 0 Å². The van der Waals surface area contributed by atoms with Crippen LogP contribution >= 0.6 is 0 Å². The van der Waals surface area contributed by atoms with Gasteiger partial charge in [-0.15, -0.1) is 0 Å². The zero-order valence-electron chi connectivity index (χ0n) is 15.6. The molecule has 1 aromatic heterocycles. The summed E-state index contributed by atoms with van der Waals surface area (Å²) in [7, 11) is 0. The van der Waals surface area contributed by atoms with Crippen LogP contribution in [-0.4, -0.2) is 15.7 Å². The first-order valence-electron chi connectivity index (χ1n) is 9.11. The largest absolute Gasteiger partial charge is 0.416 e. The molecule has 0 atom stereocenters. The Labute approximate surface area is 170 Å². The van der Waals surface area contributed by atoms with Crippen LogP contribution in [0.2, 0.25) is 0 Å². The molecule has 4 nitrogen and oxygen atoms in total. The second-order valence-electron chi connectivity index (χ2n) is 6.55. The number of halogens is 3. The molecule has 30 heavy (non-hydrogen) atoms. The summed E-state index contributed by atoms with van der Waals surface area (Å²) in [4.78, 5) is 13.0. The number of nitrogens with one attached hydrogen (secondary N) is 1. The number of amides is 1. The van der Waals surface area contributed by atoms with Crippen molar-refractivity contribution in [1.82, 2.24) is 9.78 Å². The predicted octanol–water partition coefficient (Wildman–Crippen LogP) is 5.81. The molecule has 4 aromatic rings. The lowest BCUT2D eigenvalue weighted by Crippen LogP contribution is -2.14. The van der Waals surface area contributed by atoms with Crippen LogP contribution in [0.1, 0.15) is 15.9 Å². The van der Waals surface area contributed by atoms with E-state index in [1.807, 2.05) is 60.7 Å². The molecule has 0 spiro atoms. The normalized spacial score (nSPS) is 11.3. The molecule has 0 aliphatic rings. The lowest BCUT2D eigenvalue weighted by Gasteiger charge is -2.12. The Morgan fingerprint density at radius 3 is 2.20 bits per heavy atom. The molecule has 1 N–H and O–H groups in total. The highest BCUT2D eigenvalue weighted by Gasteiger charge is 2.30. The Kier molecular flexibility index (Phi) is 5.10. The summed E-state index contributed by atoms with van der Waals surface area (Å²) in [6, 6.07) is 23.0. The smallest absolute Gasteiger partial charge is 0.322 e. The highest BCUT2D eigenvalue weighted by molar-refractivity contribution is 6.08. The van der Waals surface area contributed by atoms with Gasteiger partial charge in [0.25, 0.3) is 5.91 Å². The van der Waals surface area contributed by atoms with Crippen LogP contribution in [0.5, 0.6) is 0 Å². The highest BCUT2D eigenvalue weighted by atomic mass is 19.4. The second-order valence-corrected chi connectivity index (χ2v) is 6.55. The van der Waals surface area contributed by atoms with E-state index >= 15 is 0 Å². The molecule has 0 aliphatic heterocycles. The van der Waals surface area contributed by atoms with Crippen LogP contribution in [0, 0.1) is 0 Å². The van der Waals surface area contributed by atoms with Crippen LogP contribution in [0.4, 0.5) is 18.9 Å². The Morgan fingerprint density at radius 2 is 1.53 bits per heavy atom. The molecule has 7 heteroatoms. The van der Waals surface area contributed by atoms with Crippen LogP contribution in [-0.2, 0) is 6.18 Å². The number of nitrogens with zero attached hydrogens (tertiary/aromatic N) is 2. The number of aromatic nitrogens is 2. The molecule has 0 unspecified atom stereocenters. The van der Waals surface area contributed by atoms with E-state index in [0.717, 1.165) is 23.4 Å². The lowest BCUT2D eigenvalue weighted by atomic mass is 10.1. The molecular formula is C23H16F3N3O. The highest BCUT2D eigenvalue weighted by Crippen LogP contribution is 2.31. The van der Waals surface area contributed by atoms with Gasteiger partial charge in [-0.05, 0) is 30.3 Å². The predicted molar refractivity (Wildman–Crippen MR) is 108 cm³/mol. The number of para-hydroxylation sites is 1. The van der Waals surface area contributed by atoms with Crippen molar-refractivity contribution in [2.75, 3.05) is 5.32 Å². The van der Waals surface area contributed by atoms with Gasteiger partial charge in [-0.1, -0.05) is 54.6 Å². The van der Waals surface area contributed by atoms with Crippen molar-refractivity contribution in [1.29, 1.82) is 0 Å². The summed E-state index contributed by atoms with van der Waals surface area (Å²) in [6.07, 6.45) is -3.08. The van der Waals surface area contributed by atoms with Crippen LogP contribution < -0.4 is 5.32 Å². The van der Waals surface area contributed by atoms with Gasteiger partial charge in [-0.2, -0.15) is 18.3 Å². The maximum absolute atomic E-state index is 13.0. The molecule has 0 fully saturated rings. The fraction of sp³-hybridized carbons (Fsp3) is 0.0435. The molecule has 4 rings (SSSR count). The number of benzene rings is 3. The van der Waals surface area contributed by atoms with Gasteiger partial charge in [0.2, 0.25) is 0 Å². The van der Waals surface area contributed by atoms with Crippen LogP contribution in [0.15, 0.2) is 91.1 Å². The molecule has 1 heterocycles. The van der Waals surface area contributed by atoms with E-state index in [4.69, 9.17) is 0 Å². The first-order valence-corrected chi connectivity index (χ1v) is 9.11. The molecule has 150 valence electrons. The molecule has 0 bridgehead atoms. The van der Waals surface area contributed by atoms with Crippen LogP contribution in [0.25, 0.3) is 16.9 Å². The third-order valence-electron chi connectivity index (χ3n) is 4.51. The van der Waals surface area contributed by atoms with E-state index in [1.165, 1.54) is 18.3 Å². The maximum Gasteiger partial charge on any atom is 0.416 e. The van der Waals surface area contributed by atoms with Gasteiger partial charge >= 0.3 is 6.18 Å². The lowest BCUT2D eigenvalue weighted by molar-refractivity contribution is -0.137. The minimum absolute atomic E-state index is 0.0568. The van der Waals surface area contributed by atoms with Crippen molar-refractivity contribution >= 4 is 11.6 Å². The Morgan fingerprint density at radius 1 is 0.867 bits per heavy atom. The van der Waals surface area contributed by atoms with Gasteiger partial charge in [0, 0.05) is 11.3 Å². The van der Waals surface area contributed by atoms with Gasteiger partial charge in [0.15, 0.2) is 0 Å². The molecule has 0 aliphatic carbocycles. The Balaban J connectivity index is 1.74. The average molecular weight is 407 g/mol. The topological polar surface area (TPSA) is 46.9 Å². The fourth-order valence-corrected chi connectivity index (χ4v) is 3.13. The number of carbonyl (C=O) groups excluding carboxylic acids is 1. The van der Waals surface area contributed by atoms with Crippen molar-refractivity contribution in [2.45, 2.75) is 6.18 Å². The zero-order valence-corrected chi connectivity index (χ0v) is 15.6. The van der Waals surface area contributed by atoms with Crippen molar-refractivity contribution in [3.63, 3.8) is 0 Å². The molecule has 0 saturated heterocycles. The Bertz CT molecular complexity index is 1170. The number of hydrogen-bond donors (Lipinski definition) is 1. The van der Waals surface area contributed by atoms with Crippen molar-refractivity contribution in [2.24, 2.45) is 0 Å². The second kappa shape index (κ2) is 7.87. The van der Waals surface area contributed by atoms with Gasteiger partial charge in [-0.3, -0.25) is 4.79 Å². The first-order chi connectivity index (χ1) is 14.4. The van der Waals surface area contributed by atoms with Gasteiger partial charge in [-0.25, -0.2) is 4.68 Å². The van der Waals surface area contributed by atoms with E-state index < -0.39 is 17.6 Å². The monoisotopic (exact) mass is 407 g/mol. The summed E-state index contributed by atoms with van der Waals surface area (Å²) in [5, 5.41) is 6.91. The molecule has 3 aromatic carbocycles. The van der Waals surface area contributed by atoms with Gasteiger partial charge in [0.05, 0.1) is 28.7 Å². The Hall–Kier alpha value is -3.87. The first kappa shape index (κ1) is 19.4. The van der Waals surface area contributed by atoms with E-state index in [9.17, 15) is 18.0 Å². The fourth-order valence-electron chi connectivity index (χ4n) is 3.13. The number of carbonyl (C=O) groups is 1. The van der Waals surface area contributed by atoms with Gasteiger partial charge in [0.1, 0.15) is 0 Å². The quantitative estimate of drug-likeness (QED) is 0.464. The number of hydrogen-bond acceptors (Lipinski definition) is 2. The van der Waals surface area contributed by atoms with E-state index in [0.29, 0.717) is 5.69 Å². The van der Waals surface area contributed by atoms with Gasteiger partial charge < -0.3 is 5.32 Å². The summed E-state index contributed by atoms with van der Waals surface area (Å²) >= 11 is 0. The van der Waals surface area contributed by atoms with E-state index in [1.54, 1.807) is 4.68 Å². The third kappa shape index (κ3) is 3.96. The number of rotatable bonds is 4. The van der Waals surface area contributed by atoms with E-state index in [2.05, 4.69) is 10.4 Å². The molecule has 0 saturated carbocycles. The van der Waals surface area contributed by atoms with Crippen molar-refractivity contribution in [3.05, 3.63) is 102 Å². The van der Waals surface area contributed by atoms with Crippen molar-refractivity contribution in [3.8, 4) is 16.9 Å². The third-order valence-corrected chi connectivity index (χ3v) is 4.51. The molecule has 1 amide bonds. The summed E-state index contributed by atoms with van der Waals surface area (Å²) in [5.74, 6) is -0.546. The van der Waals surface area contributed by atoms with E-state index in [-0.39, 0.29) is 11.3 Å².